The van der Waals surface area contributed by atoms with E-state index in [1.807, 2.05) is 6.92 Å². The van der Waals surface area contributed by atoms with Crippen molar-refractivity contribution in [3.05, 3.63) is 29.3 Å². The SMILES string of the molecule is CCCC[C@@]1(C)NC(=O)N(CC(=O)c2ccc3c(c2)CCN3S(=O)(=O)CC)C1=O. The molecule has 2 heterocycles. The van der Waals surface area contributed by atoms with Crippen molar-refractivity contribution in [3.63, 3.8) is 0 Å². The van der Waals surface area contributed by atoms with Crippen LogP contribution in [0, 0.1) is 0 Å². The monoisotopic (exact) mass is 421 g/mol. The summed E-state index contributed by atoms with van der Waals surface area (Å²) in [7, 11) is -3.36. The van der Waals surface area contributed by atoms with Gasteiger partial charge < -0.3 is 5.32 Å². The lowest BCUT2D eigenvalue weighted by Crippen LogP contribution is -2.44. The maximum Gasteiger partial charge on any atom is 0.325 e. The number of nitrogens with zero attached hydrogens (tertiary/aromatic N) is 2. The first-order valence-electron chi connectivity index (χ1n) is 9.93. The van der Waals surface area contributed by atoms with Crippen molar-refractivity contribution in [1.29, 1.82) is 0 Å². The Morgan fingerprint density at radius 3 is 2.62 bits per heavy atom. The second-order valence-corrected chi connectivity index (χ2v) is 9.93. The summed E-state index contributed by atoms with van der Waals surface area (Å²) in [4.78, 5) is 38.7. The fourth-order valence-electron chi connectivity index (χ4n) is 3.82. The minimum Gasteiger partial charge on any atom is -0.323 e. The van der Waals surface area contributed by atoms with Crippen LogP contribution in [0.15, 0.2) is 18.2 Å². The van der Waals surface area contributed by atoms with Gasteiger partial charge in [0, 0.05) is 12.1 Å². The van der Waals surface area contributed by atoms with Crippen LogP contribution in [0.25, 0.3) is 0 Å². The first-order chi connectivity index (χ1) is 13.6. The first-order valence-corrected chi connectivity index (χ1v) is 11.5. The molecule has 1 atom stereocenters. The third-order valence-electron chi connectivity index (χ3n) is 5.63. The minimum absolute atomic E-state index is 0.0100. The van der Waals surface area contributed by atoms with E-state index < -0.39 is 21.6 Å². The van der Waals surface area contributed by atoms with E-state index in [2.05, 4.69) is 5.32 Å². The van der Waals surface area contributed by atoms with Gasteiger partial charge in [0.05, 0.1) is 18.0 Å². The number of sulfonamides is 1. The van der Waals surface area contributed by atoms with Gasteiger partial charge in [0.25, 0.3) is 5.91 Å². The van der Waals surface area contributed by atoms with Gasteiger partial charge in [-0.05, 0) is 50.5 Å². The number of fused-ring (bicyclic) bond motifs is 1. The normalized spacial score (nSPS) is 21.5. The van der Waals surface area contributed by atoms with Crippen molar-refractivity contribution < 1.29 is 22.8 Å². The maximum absolute atomic E-state index is 12.7. The predicted molar refractivity (Wildman–Crippen MR) is 109 cm³/mol. The summed E-state index contributed by atoms with van der Waals surface area (Å²) in [5, 5.41) is 2.70. The average molecular weight is 422 g/mol. The fraction of sp³-hybridized carbons (Fsp3) is 0.550. The van der Waals surface area contributed by atoms with Gasteiger partial charge in [-0.25, -0.2) is 13.2 Å². The third-order valence-corrected chi connectivity index (χ3v) is 7.41. The van der Waals surface area contributed by atoms with Crippen LogP contribution in [-0.2, 0) is 21.2 Å². The van der Waals surface area contributed by atoms with Crippen LogP contribution in [0.3, 0.4) is 0 Å². The number of amides is 3. The molecular weight excluding hydrogens is 394 g/mol. The summed E-state index contributed by atoms with van der Waals surface area (Å²) in [5.74, 6) is -0.727. The molecule has 1 aromatic rings. The molecule has 1 saturated heterocycles. The maximum atomic E-state index is 12.7. The molecule has 0 aliphatic carbocycles. The molecule has 8 nitrogen and oxygen atoms in total. The Morgan fingerprint density at radius 2 is 1.97 bits per heavy atom. The van der Waals surface area contributed by atoms with Crippen molar-refractivity contribution in [2.45, 2.75) is 52.0 Å². The van der Waals surface area contributed by atoms with Gasteiger partial charge in [0.15, 0.2) is 5.78 Å². The Hall–Kier alpha value is -2.42. The predicted octanol–water partition coefficient (Wildman–Crippen LogP) is 2.08. The number of ketones is 1. The largest absolute Gasteiger partial charge is 0.325 e. The molecule has 29 heavy (non-hydrogen) atoms. The second kappa shape index (κ2) is 7.78. The molecule has 0 unspecified atom stereocenters. The molecule has 0 radical (unpaired) electrons. The highest BCUT2D eigenvalue weighted by atomic mass is 32.2. The molecule has 1 aromatic carbocycles. The van der Waals surface area contributed by atoms with Crippen LogP contribution < -0.4 is 9.62 Å². The number of rotatable bonds is 8. The van der Waals surface area contributed by atoms with Crippen molar-refractivity contribution >= 4 is 33.4 Å². The molecule has 1 N–H and O–H groups in total. The van der Waals surface area contributed by atoms with E-state index >= 15 is 0 Å². The molecule has 2 aliphatic rings. The molecule has 1 fully saturated rings. The smallest absolute Gasteiger partial charge is 0.323 e. The molecule has 0 aromatic heterocycles. The quantitative estimate of drug-likeness (QED) is 0.511. The van der Waals surface area contributed by atoms with Gasteiger partial charge in [0.1, 0.15) is 5.54 Å². The van der Waals surface area contributed by atoms with E-state index in [0.717, 1.165) is 23.3 Å². The summed E-state index contributed by atoms with van der Waals surface area (Å²) in [6.07, 6.45) is 2.75. The lowest BCUT2D eigenvalue weighted by molar-refractivity contribution is -0.130. The lowest BCUT2D eigenvalue weighted by atomic mass is 9.95. The van der Waals surface area contributed by atoms with Crippen LogP contribution in [0.4, 0.5) is 10.5 Å². The van der Waals surface area contributed by atoms with Crippen LogP contribution in [0.5, 0.6) is 0 Å². The summed E-state index contributed by atoms with van der Waals surface area (Å²) in [6.45, 7) is 5.31. The number of nitrogens with one attached hydrogen (secondary N) is 1. The summed E-state index contributed by atoms with van der Waals surface area (Å²) in [5.41, 5.74) is 0.756. The molecular formula is C20H27N3O5S. The molecule has 0 spiro atoms. The summed E-state index contributed by atoms with van der Waals surface area (Å²) in [6, 6.07) is 4.29. The van der Waals surface area contributed by atoms with Gasteiger partial charge in [-0.15, -0.1) is 0 Å². The van der Waals surface area contributed by atoms with Gasteiger partial charge in [-0.1, -0.05) is 19.8 Å². The summed E-state index contributed by atoms with van der Waals surface area (Å²) < 4.78 is 25.8. The van der Waals surface area contributed by atoms with Crippen molar-refractivity contribution in [2.75, 3.05) is 23.1 Å². The highest BCUT2D eigenvalue weighted by Gasteiger charge is 2.47. The van der Waals surface area contributed by atoms with E-state index in [1.165, 1.54) is 4.31 Å². The number of hydrogen-bond donors (Lipinski definition) is 1. The molecule has 3 rings (SSSR count). The van der Waals surface area contributed by atoms with Crippen molar-refractivity contribution in [2.24, 2.45) is 0 Å². The Kier molecular flexibility index (Phi) is 5.71. The van der Waals surface area contributed by atoms with Crippen LogP contribution >= 0.6 is 0 Å². The zero-order valence-corrected chi connectivity index (χ0v) is 17.8. The Labute approximate surface area is 171 Å². The van der Waals surface area contributed by atoms with Crippen molar-refractivity contribution in [1.82, 2.24) is 10.2 Å². The number of hydrogen-bond acceptors (Lipinski definition) is 5. The Balaban J connectivity index is 1.76. The highest BCUT2D eigenvalue weighted by molar-refractivity contribution is 7.92. The molecule has 2 aliphatic heterocycles. The van der Waals surface area contributed by atoms with Crippen LogP contribution in [-0.4, -0.2) is 55.4 Å². The highest BCUT2D eigenvalue weighted by Crippen LogP contribution is 2.31. The number of unbranched alkanes of at least 4 members (excludes halogenated alkanes) is 1. The van der Waals surface area contributed by atoms with Gasteiger partial charge in [-0.3, -0.25) is 18.8 Å². The fourth-order valence-corrected chi connectivity index (χ4v) is 4.97. The summed E-state index contributed by atoms with van der Waals surface area (Å²) >= 11 is 0. The van der Waals surface area contributed by atoms with Gasteiger partial charge in [0.2, 0.25) is 10.0 Å². The van der Waals surface area contributed by atoms with E-state index in [9.17, 15) is 22.8 Å². The zero-order valence-electron chi connectivity index (χ0n) is 17.0. The second-order valence-electron chi connectivity index (χ2n) is 7.75. The van der Waals surface area contributed by atoms with E-state index in [0.29, 0.717) is 30.6 Å². The molecule has 9 heteroatoms. The van der Waals surface area contributed by atoms with E-state index in [-0.39, 0.29) is 24.0 Å². The standard InChI is InChI=1S/C20H27N3O5S/c1-4-6-10-20(3)18(25)22(19(26)21-20)13-17(24)15-7-8-16-14(12-15)9-11-23(16)29(27,28)5-2/h7-8,12H,4-6,9-11,13H2,1-3H3,(H,21,26)/t20-/m1/s1. The van der Waals surface area contributed by atoms with Crippen molar-refractivity contribution in [3.8, 4) is 0 Å². The van der Waals surface area contributed by atoms with Crippen LogP contribution in [0.1, 0.15) is 56.0 Å². The number of anilines is 1. The first kappa shape index (κ1) is 21.3. The number of Topliss-reactive ketones (excluding diaryl/α,β-unsaturated/α-hetero) is 1. The number of imide groups is 1. The van der Waals surface area contributed by atoms with Gasteiger partial charge >= 0.3 is 6.03 Å². The van der Waals surface area contributed by atoms with E-state index in [1.54, 1.807) is 32.0 Å². The number of carbonyl (C=O) groups is 3. The van der Waals surface area contributed by atoms with Gasteiger partial charge in [-0.2, -0.15) is 0 Å². The number of urea groups is 1. The number of benzene rings is 1. The average Bonchev–Trinajstić information content (AvgIpc) is 3.21. The lowest BCUT2D eigenvalue weighted by Gasteiger charge is -2.21. The third kappa shape index (κ3) is 3.88. The number of carbonyl (C=O) groups excluding carboxylic acids is 3. The molecule has 3 amide bonds. The molecule has 0 bridgehead atoms. The van der Waals surface area contributed by atoms with Crippen LogP contribution in [0.2, 0.25) is 0 Å². The molecule has 158 valence electrons. The topological polar surface area (TPSA) is 104 Å². The van der Waals surface area contributed by atoms with E-state index in [4.69, 9.17) is 0 Å². The Bertz CT molecular complexity index is 959. The minimum atomic E-state index is -3.36. The zero-order chi connectivity index (χ0) is 21.4. The molecule has 0 saturated carbocycles. The Morgan fingerprint density at radius 1 is 1.24 bits per heavy atom.